The summed E-state index contributed by atoms with van der Waals surface area (Å²) in [5, 5.41) is 4.09. The molecule has 1 saturated carbocycles. The van der Waals surface area contributed by atoms with Gasteiger partial charge in [0.15, 0.2) is 5.78 Å². The maximum atomic E-state index is 12.5. The molecule has 2 aromatic heterocycles. The highest BCUT2D eigenvalue weighted by Gasteiger charge is 2.20. The van der Waals surface area contributed by atoms with Crippen LogP contribution in [0.25, 0.3) is 12.2 Å². The Morgan fingerprint density at radius 3 is 1.84 bits per heavy atom. The SMILES string of the molecule is O=C1C(=Cc2cccs2)CCCC1=Cc1cccs1. The van der Waals surface area contributed by atoms with E-state index in [2.05, 4.69) is 24.3 Å². The van der Waals surface area contributed by atoms with Gasteiger partial charge in [0.1, 0.15) is 0 Å². The van der Waals surface area contributed by atoms with E-state index >= 15 is 0 Å². The molecule has 0 amide bonds. The molecular weight excluding hydrogens is 272 g/mol. The topological polar surface area (TPSA) is 17.1 Å². The highest BCUT2D eigenvalue weighted by molar-refractivity contribution is 7.11. The third kappa shape index (κ3) is 2.94. The molecule has 1 aliphatic rings. The molecule has 19 heavy (non-hydrogen) atoms. The lowest BCUT2D eigenvalue weighted by Gasteiger charge is -2.15. The molecule has 1 nitrogen and oxygen atoms in total. The van der Waals surface area contributed by atoms with Crippen molar-refractivity contribution in [2.75, 3.05) is 0 Å². The van der Waals surface area contributed by atoms with Gasteiger partial charge in [0.2, 0.25) is 0 Å². The number of hydrogen-bond acceptors (Lipinski definition) is 3. The Morgan fingerprint density at radius 1 is 0.895 bits per heavy atom. The van der Waals surface area contributed by atoms with Gasteiger partial charge in [-0.2, -0.15) is 0 Å². The first kappa shape index (κ1) is 12.6. The molecule has 2 heterocycles. The second-order valence-electron chi connectivity index (χ2n) is 4.55. The largest absolute Gasteiger partial charge is 0.289 e. The minimum atomic E-state index is 0.230. The molecular formula is C16H14OS2. The smallest absolute Gasteiger partial charge is 0.185 e. The average Bonchev–Trinajstić information content (AvgIpc) is 3.07. The van der Waals surface area contributed by atoms with Crippen LogP contribution in [0.3, 0.4) is 0 Å². The number of allylic oxidation sites excluding steroid dienone is 2. The fourth-order valence-electron chi connectivity index (χ4n) is 2.27. The number of Topliss-reactive ketones (excluding diaryl/α,β-unsaturated/α-hetero) is 1. The molecule has 0 saturated heterocycles. The summed E-state index contributed by atoms with van der Waals surface area (Å²) in [6.07, 6.45) is 6.97. The number of ketones is 1. The van der Waals surface area contributed by atoms with Gasteiger partial charge in [-0.25, -0.2) is 0 Å². The van der Waals surface area contributed by atoms with Crippen LogP contribution in [0, 0.1) is 0 Å². The van der Waals surface area contributed by atoms with Gasteiger partial charge in [0, 0.05) is 20.9 Å². The lowest BCUT2D eigenvalue weighted by Crippen LogP contribution is -2.11. The lowest BCUT2D eigenvalue weighted by molar-refractivity contribution is -0.112. The van der Waals surface area contributed by atoms with Crippen LogP contribution in [0.4, 0.5) is 0 Å². The summed E-state index contributed by atoms with van der Waals surface area (Å²) in [7, 11) is 0. The maximum Gasteiger partial charge on any atom is 0.185 e. The van der Waals surface area contributed by atoms with Crippen LogP contribution in [0.15, 0.2) is 46.2 Å². The standard InChI is InChI=1S/C16H14OS2/c17-16-12(10-14-6-2-8-18-14)4-1-5-13(16)11-15-7-3-9-19-15/h2-3,6-11H,1,4-5H2. The number of carbonyl (C=O) groups is 1. The highest BCUT2D eigenvalue weighted by Crippen LogP contribution is 2.29. The summed E-state index contributed by atoms with van der Waals surface area (Å²) in [5.41, 5.74) is 1.91. The van der Waals surface area contributed by atoms with E-state index in [0.717, 1.165) is 30.4 Å². The van der Waals surface area contributed by atoms with Gasteiger partial charge in [-0.05, 0) is 54.3 Å². The fraction of sp³-hybridized carbons (Fsp3) is 0.188. The molecule has 0 aromatic carbocycles. The van der Waals surface area contributed by atoms with Crippen LogP contribution in [0.5, 0.6) is 0 Å². The van der Waals surface area contributed by atoms with Crippen LogP contribution in [-0.2, 0) is 4.79 Å². The zero-order valence-corrected chi connectivity index (χ0v) is 12.1. The second kappa shape index (κ2) is 5.68. The Labute approximate surface area is 120 Å². The molecule has 3 rings (SSSR count). The number of carbonyl (C=O) groups excluding carboxylic acids is 1. The molecule has 3 heteroatoms. The van der Waals surface area contributed by atoms with Gasteiger partial charge in [-0.3, -0.25) is 4.79 Å². The van der Waals surface area contributed by atoms with E-state index in [1.54, 1.807) is 22.7 Å². The zero-order valence-electron chi connectivity index (χ0n) is 10.5. The van der Waals surface area contributed by atoms with E-state index in [-0.39, 0.29) is 5.78 Å². The Morgan fingerprint density at radius 2 is 1.42 bits per heavy atom. The Kier molecular flexibility index (Phi) is 3.76. The summed E-state index contributed by atoms with van der Waals surface area (Å²) in [6, 6.07) is 8.16. The Bertz CT molecular complexity index is 562. The summed E-state index contributed by atoms with van der Waals surface area (Å²) >= 11 is 3.36. The van der Waals surface area contributed by atoms with Crippen molar-refractivity contribution in [1.29, 1.82) is 0 Å². The summed E-state index contributed by atoms with van der Waals surface area (Å²) in [6.45, 7) is 0. The zero-order chi connectivity index (χ0) is 13.1. The molecule has 0 radical (unpaired) electrons. The Hall–Kier alpha value is -1.45. The van der Waals surface area contributed by atoms with Crippen molar-refractivity contribution in [3.05, 3.63) is 55.9 Å². The van der Waals surface area contributed by atoms with Crippen molar-refractivity contribution in [2.24, 2.45) is 0 Å². The van der Waals surface area contributed by atoms with Crippen LogP contribution >= 0.6 is 22.7 Å². The van der Waals surface area contributed by atoms with Gasteiger partial charge < -0.3 is 0 Å². The maximum absolute atomic E-state index is 12.5. The van der Waals surface area contributed by atoms with Crippen molar-refractivity contribution in [3.8, 4) is 0 Å². The van der Waals surface area contributed by atoms with Gasteiger partial charge in [0.05, 0.1) is 0 Å². The highest BCUT2D eigenvalue weighted by atomic mass is 32.1. The van der Waals surface area contributed by atoms with Crippen LogP contribution in [-0.4, -0.2) is 5.78 Å². The normalized spacial score (nSPS) is 20.3. The van der Waals surface area contributed by atoms with Crippen molar-refractivity contribution >= 4 is 40.6 Å². The van der Waals surface area contributed by atoms with Crippen molar-refractivity contribution in [2.45, 2.75) is 19.3 Å². The summed E-state index contributed by atoms with van der Waals surface area (Å²) in [4.78, 5) is 14.8. The molecule has 0 N–H and O–H groups in total. The predicted octanol–water partition coefficient (Wildman–Crippen LogP) is 5.03. The van der Waals surface area contributed by atoms with Gasteiger partial charge >= 0.3 is 0 Å². The van der Waals surface area contributed by atoms with Crippen LogP contribution in [0.1, 0.15) is 29.0 Å². The molecule has 0 spiro atoms. The van der Waals surface area contributed by atoms with Crippen molar-refractivity contribution in [1.82, 2.24) is 0 Å². The van der Waals surface area contributed by atoms with E-state index in [9.17, 15) is 4.79 Å². The third-order valence-corrected chi connectivity index (χ3v) is 4.83. The first-order chi connectivity index (χ1) is 9.33. The second-order valence-corrected chi connectivity index (χ2v) is 6.51. The van der Waals surface area contributed by atoms with Crippen molar-refractivity contribution < 1.29 is 4.79 Å². The Balaban J connectivity index is 1.87. The first-order valence-electron chi connectivity index (χ1n) is 6.36. The minimum absolute atomic E-state index is 0.230. The molecule has 2 aromatic rings. The van der Waals surface area contributed by atoms with E-state index in [0.29, 0.717) is 0 Å². The number of thiophene rings is 2. The molecule has 0 atom stereocenters. The fourth-order valence-corrected chi connectivity index (χ4v) is 3.63. The number of rotatable bonds is 2. The quantitative estimate of drug-likeness (QED) is 0.708. The van der Waals surface area contributed by atoms with Crippen LogP contribution in [0.2, 0.25) is 0 Å². The lowest BCUT2D eigenvalue weighted by atomic mass is 9.88. The monoisotopic (exact) mass is 286 g/mol. The van der Waals surface area contributed by atoms with Gasteiger partial charge in [0.25, 0.3) is 0 Å². The van der Waals surface area contributed by atoms with E-state index < -0.39 is 0 Å². The molecule has 0 aliphatic heterocycles. The van der Waals surface area contributed by atoms with E-state index in [1.165, 1.54) is 9.75 Å². The van der Waals surface area contributed by atoms with E-state index in [1.807, 2.05) is 22.9 Å². The number of hydrogen-bond donors (Lipinski definition) is 0. The van der Waals surface area contributed by atoms with Crippen LogP contribution < -0.4 is 0 Å². The molecule has 1 fully saturated rings. The minimum Gasteiger partial charge on any atom is -0.289 e. The average molecular weight is 286 g/mol. The molecule has 0 bridgehead atoms. The predicted molar refractivity (Wildman–Crippen MR) is 83.5 cm³/mol. The summed E-state index contributed by atoms with van der Waals surface area (Å²) in [5.74, 6) is 0.230. The van der Waals surface area contributed by atoms with E-state index in [4.69, 9.17) is 0 Å². The van der Waals surface area contributed by atoms with Crippen molar-refractivity contribution in [3.63, 3.8) is 0 Å². The van der Waals surface area contributed by atoms with Gasteiger partial charge in [-0.1, -0.05) is 12.1 Å². The molecule has 96 valence electrons. The molecule has 0 unspecified atom stereocenters. The third-order valence-electron chi connectivity index (χ3n) is 3.19. The summed E-state index contributed by atoms with van der Waals surface area (Å²) < 4.78 is 0. The molecule has 1 aliphatic carbocycles. The van der Waals surface area contributed by atoms with Gasteiger partial charge in [-0.15, -0.1) is 22.7 Å². The first-order valence-corrected chi connectivity index (χ1v) is 8.12.